The Morgan fingerprint density at radius 1 is 1.21 bits per heavy atom. The number of nitrogens with one attached hydrogen (secondary N) is 1. The van der Waals surface area contributed by atoms with Crippen molar-refractivity contribution in [3.8, 4) is 5.75 Å². The summed E-state index contributed by atoms with van der Waals surface area (Å²) in [5.74, 6) is 1.62. The number of methoxy groups -OCH3 is 1. The van der Waals surface area contributed by atoms with E-state index in [1.165, 1.54) is 19.5 Å². The van der Waals surface area contributed by atoms with Crippen molar-refractivity contribution in [1.82, 2.24) is 15.0 Å². The highest BCUT2D eigenvalue weighted by Crippen LogP contribution is 2.28. The summed E-state index contributed by atoms with van der Waals surface area (Å²) in [5.41, 5.74) is 0.395. The van der Waals surface area contributed by atoms with E-state index in [2.05, 4.69) is 41.0 Å². The Labute approximate surface area is 139 Å². The number of hydrogen-bond donors (Lipinski definition) is 1. The molecule has 0 saturated carbocycles. The van der Waals surface area contributed by atoms with Crippen LogP contribution in [0.15, 0.2) is 29.1 Å². The maximum Gasteiger partial charge on any atom is 0.213 e. The first-order valence-corrected chi connectivity index (χ1v) is 7.56. The molecule has 3 rings (SSSR count). The minimum absolute atomic E-state index is 0.0994. The number of rotatable bonds is 4. The van der Waals surface area contributed by atoms with Crippen molar-refractivity contribution in [2.45, 2.75) is 32.7 Å². The average Bonchev–Trinajstić information content (AvgIpc) is 3.01. The molecule has 1 aromatic carbocycles. The van der Waals surface area contributed by atoms with E-state index < -0.39 is 5.82 Å². The van der Waals surface area contributed by atoms with Gasteiger partial charge in [0.15, 0.2) is 11.6 Å². The molecule has 3 aromatic rings. The molecule has 2 heterocycles. The lowest BCUT2D eigenvalue weighted by molar-refractivity contribution is 0.385. The molecule has 0 aliphatic carbocycles. The molecule has 0 saturated heterocycles. The zero-order valence-corrected chi connectivity index (χ0v) is 14.1. The van der Waals surface area contributed by atoms with Gasteiger partial charge in [-0.3, -0.25) is 0 Å². The first-order chi connectivity index (χ1) is 11.4. The summed E-state index contributed by atoms with van der Waals surface area (Å²) in [6.07, 6.45) is 3.11. The van der Waals surface area contributed by atoms with E-state index in [9.17, 15) is 4.39 Å². The van der Waals surface area contributed by atoms with Gasteiger partial charge < -0.3 is 14.5 Å². The number of anilines is 1. The molecule has 0 bridgehead atoms. The van der Waals surface area contributed by atoms with Crippen molar-refractivity contribution in [2.24, 2.45) is 0 Å². The molecule has 0 amide bonds. The Morgan fingerprint density at radius 2 is 2.00 bits per heavy atom. The molecule has 7 heteroatoms. The number of oxazole rings is 1. The molecule has 24 heavy (non-hydrogen) atoms. The van der Waals surface area contributed by atoms with Crippen molar-refractivity contribution < 1.29 is 13.5 Å². The molecule has 0 aliphatic rings. The van der Waals surface area contributed by atoms with E-state index >= 15 is 0 Å². The first kappa shape index (κ1) is 16.2. The van der Waals surface area contributed by atoms with Gasteiger partial charge in [0.2, 0.25) is 5.89 Å². The molecule has 0 aliphatic heterocycles. The highest BCUT2D eigenvalue weighted by molar-refractivity contribution is 5.90. The number of fused-ring (bicyclic) bond motifs is 1. The second-order valence-electron chi connectivity index (χ2n) is 6.45. The molecular weight excluding hydrogens is 311 g/mol. The van der Waals surface area contributed by atoms with Crippen molar-refractivity contribution in [3.05, 3.63) is 42.1 Å². The zero-order valence-electron chi connectivity index (χ0n) is 14.1. The molecule has 2 aromatic heterocycles. The number of hydrogen-bond acceptors (Lipinski definition) is 6. The fourth-order valence-electron chi connectivity index (χ4n) is 2.25. The average molecular weight is 330 g/mol. The van der Waals surface area contributed by atoms with Gasteiger partial charge in [-0.15, -0.1) is 0 Å². The van der Waals surface area contributed by atoms with Crippen LogP contribution in [-0.2, 0) is 12.0 Å². The summed E-state index contributed by atoms with van der Waals surface area (Å²) in [5, 5.41) is 3.82. The van der Waals surface area contributed by atoms with Crippen molar-refractivity contribution in [2.75, 3.05) is 12.4 Å². The van der Waals surface area contributed by atoms with Crippen molar-refractivity contribution in [1.29, 1.82) is 0 Å². The van der Waals surface area contributed by atoms with E-state index in [-0.39, 0.29) is 11.2 Å². The fraction of sp³-hybridized carbons (Fsp3) is 0.353. The second kappa shape index (κ2) is 6.07. The quantitative estimate of drug-likeness (QED) is 0.787. The summed E-state index contributed by atoms with van der Waals surface area (Å²) in [6.45, 7) is 6.54. The normalized spacial score (nSPS) is 11.7. The first-order valence-electron chi connectivity index (χ1n) is 7.56. The van der Waals surface area contributed by atoms with E-state index in [1.54, 1.807) is 12.3 Å². The minimum Gasteiger partial charge on any atom is -0.494 e. The summed E-state index contributed by atoms with van der Waals surface area (Å²) >= 11 is 0. The number of nitrogens with zero attached hydrogens (tertiary/aromatic N) is 3. The van der Waals surface area contributed by atoms with Gasteiger partial charge in [-0.05, 0) is 6.07 Å². The molecule has 1 N–H and O–H groups in total. The van der Waals surface area contributed by atoms with Gasteiger partial charge in [0.1, 0.15) is 17.9 Å². The molecular formula is C17H19FN4O2. The van der Waals surface area contributed by atoms with Crippen LogP contribution >= 0.6 is 0 Å². The summed E-state index contributed by atoms with van der Waals surface area (Å²) < 4.78 is 24.6. The van der Waals surface area contributed by atoms with Crippen LogP contribution in [0.4, 0.5) is 10.2 Å². The Bertz CT molecular complexity index is 871. The van der Waals surface area contributed by atoms with Crippen LogP contribution < -0.4 is 10.1 Å². The number of aromatic nitrogens is 3. The van der Waals surface area contributed by atoms with Crippen LogP contribution in [-0.4, -0.2) is 22.1 Å². The van der Waals surface area contributed by atoms with Gasteiger partial charge in [-0.2, -0.15) is 0 Å². The third kappa shape index (κ3) is 3.15. The molecule has 0 fully saturated rings. The Morgan fingerprint density at radius 3 is 2.67 bits per heavy atom. The third-order valence-electron chi connectivity index (χ3n) is 3.61. The van der Waals surface area contributed by atoms with Gasteiger partial charge in [0, 0.05) is 16.9 Å². The Hall–Kier alpha value is -2.70. The van der Waals surface area contributed by atoms with Gasteiger partial charge in [-0.25, -0.2) is 19.3 Å². The topological polar surface area (TPSA) is 73.1 Å². The zero-order chi connectivity index (χ0) is 17.3. The van der Waals surface area contributed by atoms with Gasteiger partial charge in [0.05, 0.1) is 25.4 Å². The van der Waals surface area contributed by atoms with Gasteiger partial charge >= 0.3 is 0 Å². The van der Waals surface area contributed by atoms with E-state index in [0.717, 1.165) is 5.76 Å². The van der Waals surface area contributed by atoms with Gasteiger partial charge in [0.25, 0.3) is 0 Å². The minimum atomic E-state index is -0.461. The lowest BCUT2D eigenvalue weighted by Gasteiger charge is -2.13. The van der Waals surface area contributed by atoms with Crippen molar-refractivity contribution >= 4 is 16.7 Å². The molecule has 126 valence electrons. The molecule has 6 nitrogen and oxygen atoms in total. The molecule has 0 atom stereocenters. The SMILES string of the molecule is COc1cc2c(NCc3ncc(C(C)(C)C)o3)ncnc2cc1F. The van der Waals surface area contributed by atoms with Crippen LogP contribution in [0.2, 0.25) is 0 Å². The smallest absolute Gasteiger partial charge is 0.213 e. The number of benzene rings is 1. The number of ether oxygens (including phenoxy) is 1. The largest absolute Gasteiger partial charge is 0.494 e. The maximum atomic E-state index is 13.8. The highest BCUT2D eigenvalue weighted by Gasteiger charge is 2.19. The predicted octanol–water partition coefficient (Wildman–Crippen LogP) is 3.68. The summed E-state index contributed by atoms with van der Waals surface area (Å²) in [4.78, 5) is 12.6. The van der Waals surface area contributed by atoms with E-state index in [4.69, 9.17) is 9.15 Å². The molecule has 0 spiro atoms. The monoisotopic (exact) mass is 330 g/mol. The summed E-state index contributed by atoms with van der Waals surface area (Å²) in [7, 11) is 1.42. The van der Waals surface area contributed by atoms with Crippen LogP contribution in [0.3, 0.4) is 0 Å². The lowest BCUT2D eigenvalue weighted by atomic mass is 9.94. The van der Waals surface area contributed by atoms with Crippen LogP contribution in [0.1, 0.15) is 32.4 Å². The fourth-order valence-corrected chi connectivity index (χ4v) is 2.25. The lowest BCUT2D eigenvalue weighted by Crippen LogP contribution is -2.09. The molecule has 0 unspecified atom stereocenters. The van der Waals surface area contributed by atoms with E-state index in [0.29, 0.717) is 29.2 Å². The van der Waals surface area contributed by atoms with Crippen molar-refractivity contribution in [3.63, 3.8) is 0 Å². The van der Waals surface area contributed by atoms with Crippen LogP contribution in [0.5, 0.6) is 5.75 Å². The summed E-state index contributed by atoms with van der Waals surface area (Å²) in [6, 6.07) is 2.90. The molecule has 0 radical (unpaired) electrons. The Kier molecular flexibility index (Phi) is 4.09. The standard InChI is InChI=1S/C17H19FN4O2/c1-17(2,3)14-7-19-15(24-14)8-20-16-10-5-13(23-4)11(18)6-12(10)21-9-22-16/h5-7,9H,8H2,1-4H3,(H,20,21,22). The van der Waals surface area contributed by atoms with E-state index in [1.807, 2.05) is 0 Å². The maximum absolute atomic E-state index is 13.8. The predicted molar refractivity (Wildman–Crippen MR) is 88.6 cm³/mol. The van der Waals surface area contributed by atoms with Crippen LogP contribution in [0.25, 0.3) is 10.9 Å². The van der Waals surface area contributed by atoms with Gasteiger partial charge in [-0.1, -0.05) is 20.8 Å². The third-order valence-corrected chi connectivity index (χ3v) is 3.61. The highest BCUT2D eigenvalue weighted by atomic mass is 19.1. The Balaban J connectivity index is 1.86. The number of halogens is 1. The van der Waals surface area contributed by atoms with Crippen LogP contribution in [0, 0.1) is 5.82 Å². The second-order valence-corrected chi connectivity index (χ2v) is 6.45.